The quantitative estimate of drug-likeness (QED) is 0.903. The lowest BCUT2D eigenvalue weighted by atomic mass is 10.0. The van der Waals surface area contributed by atoms with E-state index in [0.29, 0.717) is 16.5 Å². The van der Waals surface area contributed by atoms with Crippen molar-refractivity contribution in [3.8, 4) is 11.5 Å². The molecule has 0 radical (unpaired) electrons. The van der Waals surface area contributed by atoms with Gasteiger partial charge >= 0.3 is 0 Å². The van der Waals surface area contributed by atoms with Crippen molar-refractivity contribution in [3.63, 3.8) is 0 Å². The molecule has 0 saturated carbocycles. The molecule has 1 N–H and O–H groups in total. The summed E-state index contributed by atoms with van der Waals surface area (Å²) < 4.78 is 10.7. The summed E-state index contributed by atoms with van der Waals surface area (Å²) in [4.78, 5) is 2.47. The van der Waals surface area contributed by atoms with E-state index in [1.165, 1.54) is 5.56 Å². The van der Waals surface area contributed by atoms with Crippen molar-refractivity contribution < 1.29 is 9.47 Å². The summed E-state index contributed by atoms with van der Waals surface area (Å²) in [6.45, 7) is 7.46. The van der Waals surface area contributed by atoms with Crippen molar-refractivity contribution in [2.45, 2.75) is 13.3 Å². The van der Waals surface area contributed by atoms with Gasteiger partial charge in [-0.2, -0.15) is 0 Å². The lowest BCUT2D eigenvalue weighted by Crippen LogP contribution is -2.44. The van der Waals surface area contributed by atoms with Crippen molar-refractivity contribution in [1.82, 2.24) is 10.2 Å². The summed E-state index contributed by atoms with van der Waals surface area (Å²) in [5.41, 5.74) is 2.31. The van der Waals surface area contributed by atoms with Gasteiger partial charge in [-0.25, -0.2) is 0 Å². The van der Waals surface area contributed by atoms with E-state index in [0.717, 1.165) is 44.7 Å². The van der Waals surface area contributed by atoms with Gasteiger partial charge in [-0.05, 0) is 30.5 Å². The topological polar surface area (TPSA) is 33.7 Å². The fraction of sp³-hybridized carbons (Fsp3) is 0.600. The number of rotatable bonds is 5. The Morgan fingerprint density at radius 2 is 1.95 bits per heavy atom. The van der Waals surface area contributed by atoms with E-state index in [-0.39, 0.29) is 0 Å². The van der Waals surface area contributed by atoms with E-state index in [1.807, 2.05) is 13.0 Å². The molecule has 1 heterocycles. The van der Waals surface area contributed by atoms with Crippen molar-refractivity contribution in [1.29, 1.82) is 0 Å². The summed E-state index contributed by atoms with van der Waals surface area (Å²) >= 11 is 6.38. The van der Waals surface area contributed by atoms with E-state index >= 15 is 0 Å². The minimum Gasteiger partial charge on any atom is -0.493 e. The number of benzene rings is 1. The normalized spacial score (nSPS) is 16.2. The molecule has 0 bridgehead atoms. The molecule has 0 unspecified atom stereocenters. The summed E-state index contributed by atoms with van der Waals surface area (Å²) in [6, 6.07) is 2.04. The van der Waals surface area contributed by atoms with Gasteiger partial charge in [0.2, 0.25) is 0 Å². The first kappa shape index (κ1) is 15.4. The average molecular weight is 299 g/mol. The van der Waals surface area contributed by atoms with Gasteiger partial charge in [0.25, 0.3) is 0 Å². The summed E-state index contributed by atoms with van der Waals surface area (Å²) in [5, 5.41) is 4.02. The minimum absolute atomic E-state index is 0.623. The van der Waals surface area contributed by atoms with Crippen molar-refractivity contribution in [2.75, 3.05) is 46.9 Å². The maximum atomic E-state index is 6.38. The van der Waals surface area contributed by atoms with Crippen LogP contribution in [0.3, 0.4) is 0 Å². The maximum Gasteiger partial charge on any atom is 0.179 e. The highest BCUT2D eigenvalue weighted by Crippen LogP contribution is 2.39. The number of piperazine rings is 1. The Labute approximate surface area is 126 Å². The zero-order valence-electron chi connectivity index (χ0n) is 12.5. The van der Waals surface area contributed by atoms with Crippen LogP contribution in [0.1, 0.15) is 11.1 Å². The Morgan fingerprint density at radius 3 is 2.55 bits per heavy atom. The Balaban J connectivity index is 2.12. The fourth-order valence-corrected chi connectivity index (χ4v) is 2.86. The zero-order chi connectivity index (χ0) is 14.5. The smallest absolute Gasteiger partial charge is 0.179 e. The molecule has 0 atom stereocenters. The number of hydrogen-bond donors (Lipinski definition) is 1. The molecule has 1 saturated heterocycles. The van der Waals surface area contributed by atoms with Crippen LogP contribution in [0.25, 0.3) is 0 Å². The van der Waals surface area contributed by atoms with Gasteiger partial charge in [-0.15, -0.1) is 0 Å². The van der Waals surface area contributed by atoms with Gasteiger partial charge < -0.3 is 19.7 Å². The number of halogens is 1. The Bertz CT molecular complexity index is 460. The first-order valence-electron chi connectivity index (χ1n) is 7.00. The fourth-order valence-electron chi connectivity index (χ4n) is 2.57. The molecule has 0 aromatic heterocycles. The number of ether oxygens (including phenoxy) is 2. The van der Waals surface area contributed by atoms with Gasteiger partial charge in [0, 0.05) is 32.7 Å². The van der Waals surface area contributed by atoms with Crippen LogP contribution in [-0.2, 0) is 6.42 Å². The largest absolute Gasteiger partial charge is 0.493 e. The highest BCUT2D eigenvalue weighted by Gasteiger charge is 2.16. The average Bonchev–Trinajstić information content (AvgIpc) is 2.49. The van der Waals surface area contributed by atoms with E-state index in [2.05, 4.69) is 10.2 Å². The van der Waals surface area contributed by atoms with Crippen LogP contribution < -0.4 is 14.8 Å². The van der Waals surface area contributed by atoms with Gasteiger partial charge in [0.15, 0.2) is 11.5 Å². The number of methoxy groups -OCH3 is 2. The molecule has 1 aromatic rings. The first-order chi connectivity index (χ1) is 9.67. The van der Waals surface area contributed by atoms with Gasteiger partial charge in [0.1, 0.15) is 0 Å². The van der Waals surface area contributed by atoms with Crippen LogP contribution in [0.4, 0.5) is 0 Å². The van der Waals surface area contributed by atoms with Crippen molar-refractivity contribution >= 4 is 11.6 Å². The molecule has 0 spiro atoms. The predicted octanol–water partition coefficient (Wildman–Crippen LogP) is 2.11. The molecule has 2 rings (SSSR count). The molecule has 1 fully saturated rings. The van der Waals surface area contributed by atoms with Gasteiger partial charge in [-0.3, -0.25) is 0 Å². The number of hydrogen-bond acceptors (Lipinski definition) is 4. The zero-order valence-corrected chi connectivity index (χ0v) is 13.2. The summed E-state index contributed by atoms with van der Waals surface area (Å²) in [7, 11) is 3.26. The van der Waals surface area contributed by atoms with Crippen LogP contribution in [-0.4, -0.2) is 51.8 Å². The van der Waals surface area contributed by atoms with Crippen LogP contribution in [0.5, 0.6) is 11.5 Å². The second-order valence-electron chi connectivity index (χ2n) is 5.05. The van der Waals surface area contributed by atoms with Crippen LogP contribution in [0, 0.1) is 6.92 Å². The molecule has 1 aliphatic rings. The third kappa shape index (κ3) is 3.37. The highest BCUT2D eigenvalue weighted by atomic mass is 35.5. The van der Waals surface area contributed by atoms with E-state index in [4.69, 9.17) is 21.1 Å². The highest BCUT2D eigenvalue weighted by molar-refractivity contribution is 6.33. The van der Waals surface area contributed by atoms with Crippen molar-refractivity contribution in [3.05, 3.63) is 22.2 Å². The molecular weight excluding hydrogens is 276 g/mol. The molecular formula is C15H23ClN2O2. The minimum atomic E-state index is 0.623. The van der Waals surface area contributed by atoms with Crippen molar-refractivity contribution in [2.24, 2.45) is 0 Å². The maximum absolute atomic E-state index is 6.38. The molecule has 1 aromatic carbocycles. The lowest BCUT2D eigenvalue weighted by Gasteiger charge is -2.27. The van der Waals surface area contributed by atoms with Crippen LogP contribution in [0.2, 0.25) is 5.02 Å². The van der Waals surface area contributed by atoms with Gasteiger partial charge in [-0.1, -0.05) is 11.6 Å². The van der Waals surface area contributed by atoms with E-state index in [1.54, 1.807) is 14.2 Å². The monoisotopic (exact) mass is 298 g/mol. The van der Waals surface area contributed by atoms with E-state index < -0.39 is 0 Å². The van der Waals surface area contributed by atoms with E-state index in [9.17, 15) is 0 Å². The Morgan fingerprint density at radius 1 is 1.25 bits per heavy atom. The molecule has 112 valence electrons. The first-order valence-corrected chi connectivity index (χ1v) is 7.38. The molecule has 0 aliphatic carbocycles. The second-order valence-corrected chi connectivity index (χ2v) is 5.43. The summed E-state index contributed by atoms with van der Waals surface area (Å²) in [6.07, 6.45) is 0.978. The third-order valence-electron chi connectivity index (χ3n) is 3.87. The molecule has 4 nitrogen and oxygen atoms in total. The van der Waals surface area contributed by atoms with Crippen LogP contribution >= 0.6 is 11.6 Å². The van der Waals surface area contributed by atoms with Crippen LogP contribution in [0.15, 0.2) is 6.07 Å². The molecule has 20 heavy (non-hydrogen) atoms. The standard InChI is InChI=1S/C15H23ClN2O2/c1-11-12(4-7-18-8-5-17-6-9-18)10-13(19-2)15(20-3)14(11)16/h10,17H,4-9H2,1-3H3. The second kappa shape index (κ2) is 7.16. The molecule has 1 aliphatic heterocycles. The predicted molar refractivity (Wildman–Crippen MR) is 82.3 cm³/mol. The Kier molecular flexibility index (Phi) is 5.52. The Hall–Kier alpha value is -0.970. The third-order valence-corrected chi connectivity index (χ3v) is 4.33. The summed E-state index contributed by atoms with van der Waals surface area (Å²) in [5.74, 6) is 1.33. The van der Waals surface area contributed by atoms with Gasteiger partial charge in [0.05, 0.1) is 19.2 Å². The number of nitrogens with one attached hydrogen (secondary N) is 1. The lowest BCUT2D eigenvalue weighted by molar-refractivity contribution is 0.243. The number of nitrogens with zero attached hydrogens (tertiary/aromatic N) is 1. The molecule has 5 heteroatoms. The molecule has 0 amide bonds. The SMILES string of the molecule is COc1cc(CCN2CCNCC2)c(C)c(Cl)c1OC.